The Kier molecular flexibility index (Phi) is 2.90. The Labute approximate surface area is 113 Å². The Balaban J connectivity index is 1.99. The molecule has 0 spiro atoms. The molecule has 1 aromatic heterocycles. The number of hydrogen-bond donors (Lipinski definition) is 1. The van der Waals surface area contributed by atoms with Gasteiger partial charge in [0, 0.05) is 11.3 Å². The van der Waals surface area contributed by atoms with E-state index in [1.165, 1.54) is 10.7 Å². The summed E-state index contributed by atoms with van der Waals surface area (Å²) in [6, 6.07) is 10.7. The predicted molar refractivity (Wildman–Crippen MR) is 71.1 cm³/mol. The summed E-state index contributed by atoms with van der Waals surface area (Å²) < 4.78 is 27.6. The Bertz CT molecular complexity index is 767. The highest BCUT2D eigenvalue weighted by Gasteiger charge is 2.09. The fraction of sp³-hybridized carbons (Fsp3) is 0. The molecule has 0 aliphatic rings. The molecule has 0 saturated heterocycles. The lowest BCUT2D eigenvalue weighted by Crippen LogP contribution is -1.95. The molecule has 2 N–H and O–H groups in total. The fourth-order valence-corrected chi connectivity index (χ4v) is 1.85. The van der Waals surface area contributed by atoms with Crippen LogP contribution in [-0.2, 0) is 0 Å². The summed E-state index contributed by atoms with van der Waals surface area (Å²) in [7, 11) is 0. The number of nitrogens with two attached hydrogens (primary N) is 1. The molecule has 3 aromatic rings. The normalized spacial score (nSPS) is 10.7. The van der Waals surface area contributed by atoms with Crippen molar-refractivity contribution in [3.63, 3.8) is 0 Å². The van der Waals surface area contributed by atoms with Gasteiger partial charge in [0.15, 0.2) is 11.6 Å². The van der Waals surface area contributed by atoms with Crippen LogP contribution in [-0.4, -0.2) is 15.0 Å². The van der Waals surface area contributed by atoms with Gasteiger partial charge in [0.2, 0.25) is 0 Å². The third-order valence-corrected chi connectivity index (χ3v) is 2.84. The van der Waals surface area contributed by atoms with Crippen molar-refractivity contribution in [2.45, 2.75) is 0 Å². The maximum Gasteiger partial charge on any atom is 0.159 e. The van der Waals surface area contributed by atoms with E-state index in [2.05, 4.69) is 10.3 Å². The molecule has 0 saturated carbocycles. The maximum atomic E-state index is 13.2. The molecule has 0 radical (unpaired) electrons. The van der Waals surface area contributed by atoms with Crippen LogP contribution in [0.4, 0.5) is 14.5 Å². The number of rotatable bonds is 2. The van der Waals surface area contributed by atoms with Gasteiger partial charge in [0.25, 0.3) is 0 Å². The van der Waals surface area contributed by atoms with Crippen LogP contribution < -0.4 is 5.73 Å². The molecule has 20 heavy (non-hydrogen) atoms. The molecule has 100 valence electrons. The quantitative estimate of drug-likeness (QED) is 0.730. The molecule has 0 amide bonds. The van der Waals surface area contributed by atoms with Crippen molar-refractivity contribution in [2.24, 2.45) is 0 Å². The van der Waals surface area contributed by atoms with Crippen molar-refractivity contribution in [1.82, 2.24) is 15.0 Å². The van der Waals surface area contributed by atoms with E-state index in [4.69, 9.17) is 5.73 Å². The van der Waals surface area contributed by atoms with Crippen LogP contribution in [0.1, 0.15) is 0 Å². The molecular formula is C14H10F2N4. The summed E-state index contributed by atoms with van der Waals surface area (Å²) in [5, 5.41) is 7.90. The van der Waals surface area contributed by atoms with Gasteiger partial charge in [-0.2, -0.15) is 0 Å². The molecule has 0 fully saturated rings. The van der Waals surface area contributed by atoms with Gasteiger partial charge in [-0.3, -0.25) is 0 Å². The average molecular weight is 272 g/mol. The first-order chi connectivity index (χ1) is 9.63. The molecule has 3 rings (SSSR count). The van der Waals surface area contributed by atoms with Crippen LogP contribution in [0, 0.1) is 11.6 Å². The highest BCUT2D eigenvalue weighted by Crippen LogP contribution is 2.20. The number of nitrogen functional groups attached to an aromatic ring is 1. The van der Waals surface area contributed by atoms with E-state index in [1.807, 2.05) is 6.07 Å². The zero-order valence-corrected chi connectivity index (χ0v) is 10.3. The largest absolute Gasteiger partial charge is 0.399 e. The molecule has 0 unspecified atom stereocenters. The number of anilines is 1. The third kappa shape index (κ3) is 2.23. The van der Waals surface area contributed by atoms with Crippen LogP contribution in [0.15, 0.2) is 48.7 Å². The highest BCUT2D eigenvalue weighted by atomic mass is 19.2. The van der Waals surface area contributed by atoms with Crippen LogP contribution in [0.5, 0.6) is 0 Å². The zero-order valence-electron chi connectivity index (χ0n) is 10.3. The summed E-state index contributed by atoms with van der Waals surface area (Å²) in [6.07, 6.45) is 1.63. The smallest absolute Gasteiger partial charge is 0.159 e. The Morgan fingerprint density at radius 3 is 2.60 bits per heavy atom. The summed E-state index contributed by atoms with van der Waals surface area (Å²) in [6.45, 7) is 0. The van der Waals surface area contributed by atoms with E-state index in [9.17, 15) is 8.78 Å². The first kappa shape index (κ1) is 12.3. The van der Waals surface area contributed by atoms with Crippen LogP contribution >= 0.6 is 0 Å². The molecule has 2 aromatic carbocycles. The summed E-state index contributed by atoms with van der Waals surface area (Å²) in [5.74, 6) is -1.81. The molecule has 0 bridgehead atoms. The summed E-state index contributed by atoms with van der Waals surface area (Å²) >= 11 is 0. The molecular weight excluding hydrogens is 262 g/mol. The predicted octanol–water partition coefficient (Wildman–Crippen LogP) is 2.79. The van der Waals surface area contributed by atoms with E-state index in [0.717, 1.165) is 17.8 Å². The minimum atomic E-state index is -0.916. The molecule has 1 heterocycles. The van der Waals surface area contributed by atoms with Crippen molar-refractivity contribution in [1.29, 1.82) is 0 Å². The lowest BCUT2D eigenvalue weighted by molar-refractivity contribution is 0.509. The SMILES string of the molecule is Nc1cccc(-n2cc(-c3ccc(F)c(F)c3)nn2)c1. The van der Waals surface area contributed by atoms with Crippen molar-refractivity contribution in [3.8, 4) is 16.9 Å². The maximum absolute atomic E-state index is 13.2. The van der Waals surface area contributed by atoms with Gasteiger partial charge in [0.05, 0.1) is 11.9 Å². The molecule has 0 atom stereocenters. The van der Waals surface area contributed by atoms with E-state index in [0.29, 0.717) is 16.9 Å². The van der Waals surface area contributed by atoms with Crippen LogP contribution in [0.2, 0.25) is 0 Å². The van der Waals surface area contributed by atoms with Gasteiger partial charge in [-0.25, -0.2) is 13.5 Å². The number of aromatic nitrogens is 3. The third-order valence-electron chi connectivity index (χ3n) is 2.84. The summed E-state index contributed by atoms with van der Waals surface area (Å²) in [5.41, 5.74) is 7.95. The van der Waals surface area contributed by atoms with Gasteiger partial charge >= 0.3 is 0 Å². The topological polar surface area (TPSA) is 56.7 Å². The van der Waals surface area contributed by atoms with Gasteiger partial charge in [0.1, 0.15) is 5.69 Å². The van der Waals surface area contributed by atoms with Gasteiger partial charge < -0.3 is 5.73 Å². The van der Waals surface area contributed by atoms with Gasteiger partial charge in [-0.15, -0.1) is 5.10 Å². The van der Waals surface area contributed by atoms with E-state index >= 15 is 0 Å². The Hall–Kier alpha value is -2.76. The van der Waals surface area contributed by atoms with E-state index in [-0.39, 0.29) is 0 Å². The number of benzene rings is 2. The second-order valence-corrected chi connectivity index (χ2v) is 4.27. The standard InChI is InChI=1S/C14H10F2N4/c15-12-5-4-9(6-13(12)16)14-8-20(19-18-14)11-3-1-2-10(17)7-11/h1-8H,17H2. The van der Waals surface area contributed by atoms with Crippen molar-refractivity contribution >= 4 is 5.69 Å². The highest BCUT2D eigenvalue weighted by molar-refractivity contribution is 5.58. The van der Waals surface area contributed by atoms with Crippen molar-refractivity contribution < 1.29 is 8.78 Å². The van der Waals surface area contributed by atoms with Gasteiger partial charge in [-0.05, 0) is 36.4 Å². The minimum Gasteiger partial charge on any atom is -0.399 e. The molecule has 6 heteroatoms. The van der Waals surface area contributed by atoms with E-state index in [1.54, 1.807) is 24.4 Å². The van der Waals surface area contributed by atoms with E-state index < -0.39 is 11.6 Å². The lowest BCUT2D eigenvalue weighted by Gasteiger charge is -2.00. The average Bonchev–Trinajstić information content (AvgIpc) is 2.92. The molecule has 0 aliphatic carbocycles. The molecule has 4 nitrogen and oxygen atoms in total. The minimum absolute atomic E-state index is 0.450. The van der Waals surface area contributed by atoms with Crippen LogP contribution in [0.25, 0.3) is 16.9 Å². The van der Waals surface area contributed by atoms with Crippen molar-refractivity contribution in [3.05, 3.63) is 60.3 Å². The second kappa shape index (κ2) is 4.73. The first-order valence-corrected chi connectivity index (χ1v) is 5.87. The molecule has 0 aliphatic heterocycles. The van der Waals surface area contributed by atoms with Gasteiger partial charge in [-0.1, -0.05) is 11.3 Å². The monoisotopic (exact) mass is 272 g/mol. The fourth-order valence-electron chi connectivity index (χ4n) is 1.85. The second-order valence-electron chi connectivity index (χ2n) is 4.27. The lowest BCUT2D eigenvalue weighted by atomic mass is 10.1. The number of nitrogens with zero attached hydrogens (tertiary/aromatic N) is 3. The van der Waals surface area contributed by atoms with Crippen LogP contribution in [0.3, 0.4) is 0 Å². The first-order valence-electron chi connectivity index (χ1n) is 5.87. The Morgan fingerprint density at radius 2 is 1.85 bits per heavy atom. The zero-order chi connectivity index (χ0) is 14.1. The Morgan fingerprint density at radius 1 is 1.00 bits per heavy atom. The number of halogens is 2. The van der Waals surface area contributed by atoms with Crippen molar-refractivity contribution in [2.75, 3.05) is 5.73 Å². The number of hydrogen-bond acceptors (Lipinski definition) is 3. The summed E-state index contributed by atoms with van der Waals surface area (Å²) in [4.78, 5) is 0.